The van der Waals surface area contributed by atoms with Crippen LogP contribution in [0.15, 0.2) is 53.2 Å². The number of aromatic carboxylic acids is 1. The number of hydrogen-bond acceptors (Lipinski definition) is 6. The molecule has 0 radical (unpaired) electrons. The molecule has 2 aliphatic rings. The summed E-state index contributed by atoms with van der Waals surface area (Å²) in [4.78, 5) is 51.1. The van der Waals surface area contributed by atoms with Crippen molar-refractivity contribution in [2.24, 2.45) is 0 Å². The highest BCUT2D eigenvalue weighted by atomic mass is 35.5. The summed E-state index contributed by atoms with van der Waals surface area (Å²) in [6.07, 6.45) is 4.52. The van der Waals surface area contributed by atoms with Crippen molar-refractivity contribution in [3.05, 3.63) is 69.9 Å². The highest BCUT2D eigenvalue weighted by Gasteiger charge is 2.42. The molecule has 2 N–H and O–H groups in total. The van der Waals surface area contributed by atoms with Crippen LogP contribution in [0.3, 0.4) is 0 Å². The van der Waals surface area contributed by atoms with Crippen LogP contribution in [0.25, 0.3) is 0 Å². The number of carboxylic acid groups (broad SMARTS) is 1. The van der Waals surface area contributed by atoms with Gasteiger partial charge in [-0.3, -0.25) is 19.3 Å². The molecule has 0 bridgehead atoms. The van der Waals surface area contributed by atoms with Crippen LogP contribution in [-0.2, 0) is 9.59 Å². The third-order valence-corrected chi connectivity index (χ3v) is 6.50. The zero-order valence-corrected chi connectivity index (χ0v) is 19.3. The van der Waals surface area contributed by atoms with Crippen molar-refractivity contribution < 1.29 is 24.3 Å². The van der Waals surface area contributed by atoms with E-state index in [2.05, 4.69) is 10.6 Å². The van der Waals surface area contributed by atoms with E-state index in [0.717, 1.165) is 37.7 Å². The Kier molecular flexibility index (Phi) is 6.70. The van der Waals surface area contributed by atoms with Gasteiger partial charge in [-0.1, -0.05) is 55.1 Å². The van der Waals surface area contributed by atoms with Crippen molar-refractivity contribution in [2.75, 3.05) is 10.6 Å². The second-order valence-electron chi connectivity index (χ2n) is 8.40. The smallest absolute Gasteiger partial charge is 0.279 e. The highest BCUT2D eigenvalue weighted by Crippen LogP contribution is 2.33. The molecule has 0 atom stereocenters. The average Bonchev–Trinajstić information content (AvgIpc) is 3.04. The lowest BCUT2D eigenvalue weighted by Crippen LogP contribution is -2.42. The number of hydrogen-bond donors (Lipinski definition) is 2. The first-order chi connectivity index (χ1) is 16.3. The fourth-order valence-electron chi connectivity index (χ4n) is 4.30. The molecule has 1 aliphatic heterocycles. The van der Waals surface area contributed by atoms with Crippen LogP contribution in [0.2, 0.25) is 0 Å². The van der Waals surface area contributed by atoms with Crippen molar-refractivity contribution in [3.63, 3.8) is 0 Å². The molecule has 176 valence electrons. The number of aryl methyl sites for hydroxylation is 1. The van der Waals surface area contributed by atoms with E-state index in [1.165, 1.54) is 29.2 Å². The van der Waals surface area contributed by atoms with Gasteiger partial charge in [0.2, 0.25) is 0 Å². The molecule has 0 aromatic heterocycles. The number of carbonyl (C=O) groups is 4. The second kappa shape index (κ2) is 9.69. The van der Waals surface area contributed by atoms with Crippen LogP contribution in [0.1, 0.15) is 58.4 Å². The minimum Gasteiger partial charge on any atom is -0.545 e. The van der Waals surface area contributed by atoms with E-state index in [1.54, 1.807) is 25.1 Å². The summed E-state index contributed by atoms with van der Waals surface area (Å²) in [6, 6.07) is 10.5. The summed E-state index contributed by atoms with van der Waals surface area (Å²) in [7, 11) is 0. The Morgan fingerprint density at radius 3 is 2.41 bits per heavy atom. The van der Waals surface area contributed by atoms with E-state index in [4.69, 9.17) is 11.6 Å². The number of carboxylic acids is 1. The number of nitrogens with one attached hydrogen (secondary N) is 2. The van der Waals surface area contributed by atoms with Gasteiger partial charge in [0.15, 0.2) is 0 Å². The van der Waals surface area contributed by atoms with Gasteiger partial charge < -0.3 is 20.5 Å². The van der Waals surface area contributed by atoms with Crippen LogP contribution in [0.4, 0.5) is 11.4 Å². The maximum Gasteiger partial charge on any atom is 0.279 e. The lowest BCUT2D eigenvalue weighted by molar-refractivity contribution is -0.254. The van der Waals surface area contributed by atoms with Crippen molar-refractivity contribution in [1.82, 2.24) is 4.90 Å². The molecule has 1 fully saturated rings. The van der Waals surface area contributed by atoms with Crippen molar-refractivity contribution in [2.45, 2.75) is 45.1 Å². The van der Waals surface area contributed by atoms with E-state index in [0.29, 0.717) is 5.69 Å². The maximum atomic E-state index is 13.1. The number of imide groups is 1. The Bertz CT molecular complexity index is 1220. The normalized spacial score (nSPS) is 16.7. The third kappa shape index (κ3) is 4.54. The van der Waals surface area contributed by atoms with Crippen LogP contribution >= 0.6 is 11.6 Å². The van der Waals surface area contributed by atoms with Crippen LogP contribution in [0.5, 0.6) is 0 Å². The molecule has 4 rings (SSSR count). The number of rotatable bonds is 6. The van der Waals surface area contributed by atoms with E-state index in [-0.39, 0.29) is 33.6 Å². The molecule has 2 aromatic rings. The predicted octanol–water partition coefficient (Wildman–Crippen LogP) is 3.17. The highest BCUT2D eigenvalue weighted by molar-refractivity contribution is 6.48. The molecule has 3 amide bonds. The predicted molar refractivity (Wildman–Crippen MR) is 125 cm³/mol. The topological polar surface area (TPSA) is 119 Å². The van der Waals surface area contributed by atoms with E-state index < -0.39 is 23.7 Å². The number of amides is 3. The van der Waals surface area contributed by atoms with Crippen molar-refractivity contribution >= 4 is 46.7 Å². The number of anilines is 2. The Labute approximate surface area is 201 Å². The van der Waals surface area contributed by atoms with Gasteiger partial charge in [-0.05, 0) is 43.5 Å². The summed E-state index contributed by atoms with van der Waals surface area (Å²) < 4.78 is 0. The largest absolute Gasteiger partial charge is 0.545 e. The lowest BCUT2D eigenvalue weighted by Gasteiger charge is -2.29. The van der Waals surface area contributed by atoms with Gasteiger partial charge >= 0.3 is 0 Å². The summed E-state index contributed by atoms with van der Waals surface area (Å²) in [5, 5.41) is 16.7. The number of benzene rings is 2. The molecule has 1 aliphatic carbocycles. The lowest BCUT2D eigenvalue weighted by atomic mass is 9.94. The molecular weight excluding hydrogens is 458 g/mol. The molecule has 9 heteroatoms. The average molecular weight is 481 g/mol. The Morgan fingerprint density at radius 1 is 1.00 bits per heavy atom. The monoisotopic (exact) mass is 480 g/mol. The molecule has 0 unspecified atom stereocenters. The fraction of sp³-hybridized carbons (Fsp3) is 0.280. The molecule has 34 heavy (non-hydrogen) atoms. The molecule has 2 aromatic carbocycles. The quantitative estimate of drug-likeness (QED) is 0.613. The number of nitrogens with zero attached hydrogens (tertiary/aromatic N) is 1. The van der Waals surface area contributed by atoms with Gasteiger partial charge in [0.25, 0.3) is 17.7 Å². The Morgan fingerprint density at radius 2 is 1.71 bits per heavy atom. The Hall–Kier alpha value is -3.65. The van der Waals surface area contributed by atoms with Crippen molar-refractivity contribution in [3.8, 4) is 0 Å². The van der Waals surface area contributed by atoms with Crippen LogP contribution in [-0.4, -0.2) is 34.6 Å². The fourth-order valence-corrected chi connectivity index (χ4v) is 4.51. The zero-order chi connectivity index (χ0) is 24.4. The van der Waals surface area contributed by atoms with Gasteiger partial charge in [0, 0.05) is 22.9 Å². The summed E-state index contributed by atoms with van der Waals surface area (Å²) >= 11 is 6.26. The van der Waals surface area contributed by atoms with Gasteiger partial charge in [-0.15, -0.1) is 0 Å². The van der Waals surface area contributed by atoms with Gasteiger partial charge in [-0.2, -0.15) is 0 Å². The van der Waals surface area contributed by atoms with Crippen LogP contribution < -0.4 is 15.7 Å². The Balaban J connectivity index is 1.56. The van der Waals surface area contributed by atoms with Crippen LogP contribution in [0, 0.1) is 6.92 Å². The molecule has 0 spiro atoms. The maximum absolute atomic E-state index is 13.1. The summed E-state index contributed by atoms with van der Waals surface area (Å²) in [6.45, 7) is 1.78. The third-order valence-electron chi connectivity index (χ3n) is 6.15. The van der Waals surface area contributed by atoms with E-state index >= 15 is 0 Å². The summed E-state index contributed by atoms with van der Waals surface area (Å²) in [5.74, 6) is -2.93. The first-order valence-electron chi connectivity index (χ1n) is 11.0. The first kappa shape index (κ1) is 23.5. The molecule has 1 saturated carbocycles. The van der Waals surface area contributed by atoms with E-state index in [1.807, 2.05) is 0 Å². The minimum absolute atomic E-state index is 0.0137. The summed E-state index contributed by atoms with van der Waals surface area (Å²) in [5.41, 5.74) is 1.32. The van der Waals surface area contributed by atoms with Gasteiger partial charge in [0.05, 0.1) is 11.7 Å². The molecule has 8 nitrogen and oxygen atoms in total. The first-order valence-corrected chi connectivity index (χ1v) is 11.4. The number of halogens is 1. The number of para-hydroxylation sites is 1. The van der Waals surface area contributed by atoms with E-state index in [9.17, 15) is 24.3 Å². The standard InChI is InChI=1S/C25H24ClN3O5/c1-14-11-12-15(22(30)28-18-10-6-5-9-17(18)25(33)34)13-19(14)27-21-20(26)23(31)29(24(21)32)16-7-3-2-4-8-16/h5-6,9-13,16,27H,2-4,7-8H2,1H3,(H,28,30)(H,33,34)/p-1. The molecule has 1 heterocycles. The van der Waals surface area contributed by atoms with Gasteiger partial charge in [0.1, 0.15) is 10.7 Å². The number of carbonyl (C=O) groups excluding carboxylic acids is 4. The molecule has 0 saturated heterocycles. The van der Waals surface area contributed by atoms with Crippen molar-refractivity contribution in [1.29, 1.82) is 0 Å². The minimum atomic E-state index is -1.41. The molecular formula is C25H23ClN3O5-. The second-order valence-corrected chi connectivity index (χ2v) is 8.78. The SMILES string of the molecule is Cc1ccc(C(=O)Nc2ccccc2C(=O)[O-])cc1NC1=C(Cl)C(=O)N(C2CCCCC2)C1=O. The van der Waals surface area contributed by atoms with Gasteiger partial charge in [-0.25, -0.2) is 0 Å². The zero-order valence-electron chi connectivity index (χ0n) is 18.5.